The molecule has 1 aliphatic heterocycles. The van der Waals surface area contributed by atoms with E-state index in [4.69, 9.17) is 9.15 Å². The minimum Gasteiger partial charge on any atom is -0.475 e. The van der Waals surface area contributed by atoms with Crippen molar-refractivity contribution < 1.29 is 27.1 Å². The summed E-state index contributed by atoms with van der Waals surface area (Å²) in [5, 5.41) is 2.83. The van der Waals surface area contributed by atoms with Crippen LogP contribution in [0.2, 0.25) is 0 Å². The molecular formula is C23H19F3N2O3. The number of para-hydroxylation sites is 1. The number of amides is 1. The Morgan fingerprint density at radius 1 is 1.00 bits per heavy atom. The molecule has 1 aliphatic rings. The van der Waals surface area contributed by atoms with Crippen molar-refractivity contribution in [1.29, 1.82) is 0 Å². The van der Waals surface area contributed by atoms with Crippen LogP contribution in [0.1, 0.15) is 23.3 Å². The van der Waals surface area contributed by atoms with Crippen molar-refractivity contribution in [3.63, 3.8) is 0 Å². The number of hydrogen-bond acceptors (Lipinski definition) is 4. The van der Waals surface area contributed by atoms with Gasteiger partial charge in [-0.1, -0.05) is 30.3 Å². The Bertz CT molecular complexity index is 1120. The van der Waals surface area contributed by atoms with E-state index in [2.05, 4.69) is 10.3 Å². The van der Waals surface area contributed by atoms with Gasteiger partial charge in [0.15, 0.2) is 0 Å². The zero-order chi connectivity index (χ0) is 21.8. The lowest BCUT2D eigenvalue weighted by Gasteiger charge is -2.11. The number of furan rings is 1. The summed E-state index contributed by atoms with van der Waals surface area (Å²) < 4.78 is 50.8. The number of carbonyl (C=O) groups is 1. The zero-order valence-electron chi connectivity index (χ0n) is 16.4. The molecule has 31 heavy (non-hydrogen) atoms. The first kappa shape index (κ1) is 20.7. The maximum absolute atomic E-state index is 13.2. The van der Waals surface area contributed by atoms with Crippen molar-refractivity contribution in [1.82, 2.24) is 0 Å². The predicted molar refractivity (Wildman–Crippen MR) is 110 cm³/mol. The van der Waals surface area contributed by atoms with Crippen LogP contribution in [0.15, 0.2) is 70.1 Å². The molecule has 0 aliphatic carbocycles. The fourth-order valence-electron chi connectivity index (χ4n) is 3.33. The molecule has 0 fully saturated rings. The van der Waals surface area contributed by atoms with Crippen molar-refractivity contribution in [3.8, 4) is 11.3 Å². The lowest BCUT2D eigenvalue weighted by atomic mass is 10.1. The normalized spacial score (nSPS) is 13.6. The highest BCUT2D eigenvalue weighted by Gasteiger charge is 2.34. The van der Waals surface area contributed by atoms with Crippen molar-refractivity contribution in [2.45, 2.75) is 19.0 Å². The van der Waals surface area contributed by atoms with E-state index in [-0.39, 0.29) is 30.1 Å². The molecule has 1 aromatic heterocycles. The maximum Gasteiger partial charge on any atom is 0.417 e. The van der Waals surface area contributed by atoms with Crippen molar-refractivity contribution in [2.75, 3.05) is 18.5 Å². The SMILES string of the molecule is O=C(CCc1ccc(-c2ccccc2C(F)(F)F)o1)Nc1ccccc1C1=NCCO1. The summed E-state index contributed by atoms with van der Waals surface area (Å²) in [7, 11) is 0. The molecule has 0 atom stereocenters. The molecule has 3 aromatic rings. The Kier molecular flexibility index (Phi) is 5.79. The lowest BCUT2D eigenvalue weighted by molar-refractivity contribution is -0.137. The Morgan fingerprint density at radius 3 is 2.48 bits per heavy atom. The van der Waals surface area contributed by atoms with E-state index >= 15 is 0 Å². The van der Waals surface area contributed by atoms with Crippen LogP contribution in [0.4, 0.5) is 18.9 Å². The highest BCUT2D eigenvalue weighted by molar-refractivity contribution is 6.04. The van der Waals surface area contributed by atoms with E-state index in [0.717, 1.165) is 6.07 Å². The van der Waals surface area contributed by atoms with Crippen LogP contribution in [0.5, 0.6) is 0 Å². The summed E-state index contributed by atoms with van der Waals surface area (Å²) in [6.45, 7) is 1.09. The minimum atomic E-state index is -4.48. The average molecular weight is 428 g/mol. The van der Waals surface area contributed by atoms with Crippen molar-refractivity contribution >= 4 is 17.5 Å². The summed E-state index contributed by atoms with van der Waals surface area (Å²) >= 11 is 0. The van der Waals surface area contributed by atoms with Crippen LogP contribution >= 0.6 is 0 Å². The van der Waals surface area contributed by atoms with E-state index in [1.165, 1.54) is 24.3 Å². The smallest absolute Gasteiger partial charge is 0.417 e. The average Bonchev–Trinajstić information content (AvgIpc) is 3.44. The maximum atomic E-state index is 13.2. The fourth-order valence-corrected chi connectivity index (χ4v) is 3.33. The van der Waals surface area contributed by atoms with Gasteiger partial charge in [0.1, 0.15) is 18.1 Å². The van der Waals surface area contributed by atoms with Crippen molar-refractivity contribution in [3.05, 3.63) is 77.6 Å². The van der Waals surface area contributed by atoms with Crippen LogP contribution in [0.25, 0.3) is 11.3 Å². The Hall–Kier alpha value is -3.55. The van der Waals surface area contributed by atoms with Gasteiger partial charge in [-0.25, -0.2) is 4.99 Å². The lowest BCUT2D eigenvalue weighted by Crippen LogP contribution is -2.15. The van der Waals surface area contributed by atoms with Gasteiger partial charge in [0.2, 0.25) is 11.8 Å². The van der Waals surface area contributed by atoms with E-state index < -0.39 is 11.7 Å². The molecule has 160 valence electrons. The van der Waals surface area contributed by atoms with E-state index in [1.807, 2.05) is 12.1 Å². The number of hydrogen-bond donors (Lipinski definition) is 1. The third-order valence-electron chi connectivity index (χ3n) is 4.78. The molecule has 0 spiro atoms. The van der Waals surface area contributed by atoms with Gasteiger partial charge in [0.25, 0.3) is 0 Å². The van der Waals surface area contributed by atoms with E-state index in [0.29, 0.717) is 36.1 Å². The van der Waals surface area contributed by atoms with Crippen LogP contribution in [0, 0.1) is 0 Å². The number of nitrogens with zero attached hydrogens (tertiary/aromatic N) is 1. The summed E-state index contributed by atoms with van der Waals surface area (Å²) in [5.74, 6) is 0.790. The summed E-state index contributed by atoms with van der Waals surface area (Å²) in [6, 6.07) is 15.5. The predicted octanol–water partition coefficient (Wildman–Crippen LogP) is 5.31. The molecular weight excluding hydrogens is 409 g/mol. The van der Waals surface area contributed by atoms with Gasteiger partial charge in [-0.15, -0.1) is 0 Å². The number of benzene rings is 2. The van der Waals surface area contributed by atoms with Gasteiger partial charge in [-0.05, 0) is 30.3 Å². The largest absolute Gasteiger partial charge is 0.475 e. The summed E-state index contributed by atoms with van der Waals surface area (Å²) in [6.07, 6.45) is -4.13. The van der Waals surface area contributed by atoms with Gasteiger partial charge in [-0.3, -0.25) is 4.79 Å². The molecule has 0 bridgehead atoms. The Morgan fingerprint density at radius 2 is 1.74 bits per heavy atom. The standard InChI is InChI=1S/C23H19F3N2O3/c24-23(25,26)18-7-3-1-5-16(18)20-11-9-15(31-20)10-12-21(29)28-19-8-4-2-6-17(19)22-27-13-14-30-22/h1-9,11H,10,12-14H2,(H,28,29). The molecule has 0 saturated heterocycles. The summed E-state index contributed by atoms with van der Waals surface area (Å²) in [5.41, 5.74) is 0.504. The number of carbonyl (C=O) groups excluding carboxylic acids is 1. The third kappa shape index (κ3) is 4.79. The Balaban J connectivity index is 1.42. The first-order valence-electron chi connectivity index (χ1n) is 9.73. The topological polar surface area (TPSA) is 63.8 Å². The third-order valence-corrected chi connectivity index (χ3v) is 4.78. The second-order valence-electron chi connectivity index (χ2n) is 6.94. The van der Waals surface area contributed by atoms with Gasteiger partial charge in [0.05, 0.1) is 23.4 Å². The van der Waals surface area contributed by atoms with Gasteiger partial charge < -0.3 is 14.5 Å². The molecule has 1 amide bonds. The van der Waals surface area contributed by atoms with Gasteiger partial charge in [-0.2, -0.15) is 13.2 Å². The molecule has 4 rings (SSSR count). The van der Waals surface area contributed by atoms with Gasteiger partial charge >= 0.3 is 6.18 Å². The molecule has 2 heterocycles. The highest BCUT2D eigenvalue weighted by atomic mass is 19.4. The molecule has 0 saturated carbocycles. The molecule has 1 N–H and O–H groups in total. The van der Waals surface area contributed by atoms with E-state index in [1.54, 1.807) is 18.2 Å². The number of anilines is 1. The molecule has 2 aromatic carbocycles. The fraction of sp³-hybridized carbons (Fsp3) is 0.217. The number of aryl methyl sites for hydroxylation is 1. The van der Waals surface area contributed by atoms with Crippen LogP contribution in [-0.4, -0.2) is 25.0 Å². The summed E-state index contributed by atoms with van der Waals surface area (Å²) in [4.78, 5) is 16.7. The number of halogens is 3. The minimum absolute atomic E-state index is 0.0306. The van der Waals surface area contributed by atoms with Crippen LogP contribution in [-0.2, 0) is 22.1 Å². The van der Waals surface area contributed by atoms with Crippen LogP contribution in [0.3, 0.4) is 0 Å². The molecule has 8 heteroatoms. The molecule has 5 nitrogen and oxygen atoms in total. The van der Waals surface area contributed by atoms with E-state index in [9.17, 15) is 18.0 Å². The number of rotatable bonds is 6. The first-order chi connectivity index (χ1) is 14.9. The number of aliphatic imine (C=N–C) groups is 1. The monoisotopic (exact) mass is 428 g/mol. The second kappa shape index (κ2) is 8.67. The van der Waals surface area contributed by atoms with Crippen molar-refractivity contribution in [2.24, 2.45) is 4.99 Å². The quantitative estimate of drug-likeness (QED) is 0.579. The van der Waals surface area contributed by atoms with Gasteiger partial charge in [0, 0.05) is 18.4 Å². The number of nitrogens with one attached hydrogen (secondary N) is 1. The Labute approximate surface area is 176 Å². The molecule has 0 unspecified atom stereocenters. The first-order valence-corrected chi connectivity index (χ1v) is 9.73. The highest BCUT2D eigenvalue weighted by Crippen LogP contribution is 2.37. The van der Waals surface area contributed by atoms with Crippen LogP contribution < -0.4 is 5.32 Å². The molecule has 0 radical (unpaired) electrons. The second-order valence-corrected chi connectivity index (χ2v) is 6.94. The number of alkyl halides is 3. The number of ether oxygens (including phenoxy) is 1. The zero-order valence-corrected chi connectivity index (χ0v) is 16.4.